The van der Waals surface area contributed by atoms with E-state index < -0.39 is 11.6 Å². The molecule has 3 aliphatic rings. The summed E-state index contributed by atoms with van der Waals surface area (Å²) in [6.45, 7) is 5.05. The molecule has 2 atom stereocenters. The van der Waals surface area contributed by atoms with Gasteiger partial charge in [-0.2, -0.15) is 0 Å². The number of likely N-dealkylation sites (tertiary alicyclic amines) is 1. The van der Waals surface area contributed by atoms with E-state index in [1.54, 1.807) is 4.90 Å². The van der Waals surface area contributed by atoms with Crippen molar-refractivity contribution in [3.8, 4) is 0 Å². The second-order valence-electron chi connectivity index (χ2n) is 7.05. The molecule has 21 heavy (non-hydrogen) atoms. The van der Waals surface area contributed by atoms with Crippen LogP contribution in [0.3, 0.4) is 0 Å². The van der Waals surface area contributed by atoms with Crippen LogP contribution in [-0.4, -0.2) is 89.7 Å². The smallest absolute Gasteiger partial charge is 0.242 e. The van der Waals surface area contributed by atoms with Crippen molar-refractivity contribution in [2.24, 2.45) is 5.73 Å². The topological polar surface area (TPSA) is 73.0 Å². The predicted octanol–water partition coefficient (Wildman–Crippen LogP) is -0.923. The molecule has 1 aliphatic carbocycles. The molecule has 3 rings (SSSR count). The van der Waals surface area contributed by atoms with Gasteiger partial charge in [-0.25, -0.2) is 0 Å². The predicted molar refractivity (Wildman–Crippen MR) is 80.8 cm³/mol. The quantitative estimate of drug-likeness (QED) is 0.689. The SMILES string of the molecule is CN1CCN([C@@H]2CN(C(=O)C3(N)CCCC3)C[C@H]2O)CC1. The number of aliphatic hydroxyl groups is 1. The zero-order valence-electron chi connectivity index (χ0n) is 13.0. The number of amides is 1. The van der Waals surface area contributed by atoms with E-state index >= 15 is 0 Å². The number of likely N-dealkylation sites (N-methyl/N-ethyl adjacent to an activating group) is 1. The van der Waals surface area contributed by atoms with Crippen LogP contribution in [0.25, 0.3) is 0 Å². The summed E-state index contributed by atoms with van der Waals surface area (Å²) in [6, 6.07) is 0.0765. The van der Waals surface area contributed by atoms with Crippen LogP contribution in [0.15, 0.2) is 0 Å². The molecule has 120 valence electrons. The maximum absolute atomic E-state index is 12.7. The summed E-state index contributed by atoms with van der Waals surface area (Å²) in [7, 11) is 2.12. The van der Waals surface area contributed by atoms with Crippen molar-refractivity contribution >= 4 is 5.91 Å². The first-order valence-corrected chi connectivity index (χ1v) is 8.18. The summed E-state index contributed by atoms with van der Waals surface area (Å²) in [6.07, 6.45) is 3.22. The molecule has 6 heteroatoms. The summed E-state index contributed by atoms with van der Waals surface area (Å²) in [5, 5.41) is 10.4. The Morgan fingerprint density at radius 2 is 1.76 bits per heavy atom. The van der Waals surface area contributed by atoms with Crippen molar-refractivity contribution in [3.05, 3.63) is 0 Å². The molecular formula is C15H28N4O2. The molecule has 0 aromatic heterocycles. The van der Waals surface area contributed by atoms with Gasteiger partial charge in [-0.15, -0.1) is 0 Å². The van der Waals surface area contributed by atoms with Gasteiger partial charge in [0.15, 0.2) is 0 Å². The number of aliphatic hydroxyl groups excluding tert-OH is 1. The lowest BCUT2D eigenvalue weighted by Gasteiger charge is -2.37. The number of piperazine rings is 1. The highest BCUT2D eigenvalue weighted by Gasteiger charge is 2.45. The van der Waals surface area contributed by atoms with E-state index in [-0.39, 0.29) is 11.9 Å². The summed E-state index contributed by atoms with van der Waals surface area (Å²) in [5.41, 5.74) is 5.61. The average Bonchev–Trinajstić information content (AvgIpc) is 3.06. The number of carbonyl (C=O) groups is 1. The van der Waals surface area contributed by atoms with Crippen LogP contribution in [-0.2, 0) is 4.79 Å². The Morgan fingerprint density at radius 3 is 2.38 bits per heavy atom. The Bertz CT molecular complexity index is 389. The van der Waals surface area contributed by atoms with Gasteiger partial charge < -0.3 is 20.6 Å². The number of carbonyl (C=O) groups excluding carboxylic acids is 1. The van der Waals surface area contributed by atoms with Crippen LogP contribution in [0, 0.1) is 0 Å². The molecule has 3 fully saturated rings. The number of nitrogens with two attached hydrogens (primary N) is 1. The highest BCUT2D eigenvalue weighted by molar-refractivity contribution is 5.86. The molecule has 2 aliphatic heterocycles. The molecule has 0 aromatic rings. The van der Waals surface area contributed by atoms with Gasteiger partial charge in [-0.1, -0.05) is 12.8 Å². The molecule has 2 heterocycles. The van der Waals surface area contributed by atoms with Gasteiger partial charge in [0.25, 0.3) is 0 Å². The van der Waals surface area contributed by atoms with Gasteiger partial charge in [0, 0.05) is 39.3 Å². The molecule has 0 radical (unpaired) electrons. The molecule has 6 nitrogen and oxygen atoms in total. The van der Waals surface area contributed by atoms with E-state index in [2.05, 4.69) is 16.8 Å². The Morgan fingerprint density at radius 1 is 1.14 bits per heavy atom. The fourth-order valence-electron chi connectivity index (χ4n) is 3.98. The van der Waals surface area contributed by atoms with Gasteiger partial charge in [0.05, 0.1) is 17.7 Å². The molecule has 2 saturated heterocycles. The van der Waals surface area contributed by atoms with Crippen molar-refractivity contribution in [1.82, 2.24) is 14.7 Å². The van der Waals surface area contributed by atoms with Crippen molar-refractivity contribution in [3.63, 3.8) is 0 Å². The van der Waals surface area contributed by atoms with E-state index in [0.717, 1.165) is 51.9 Å². The fourth-order valence-corrected chi connectivity index (χ4v) is 3.98. The van der Waals surface area contributed by atoms with Crippen molar-refractivity contribution in [1.29, 1.82) is 0 Å². The third-order valence-electron chi connectivity index (χ3n) is 5.47. The Kier molecular flexibility index (Phi) is 4.23. The first-order chi connectivity index (χ1) is 9.99. The van der Waals surface area contributed by atoms with Gasteiger partial charge in [-0.05, 0) is 19.9 Å². The fraction of sp³-hybridized carbons (Fsp3) is 0.933. The van der Waals surface area contributed by atoms with Gasteiger partial charge in [0.1, 0.15) is 0 Å². The number of β-amino-alcohol motifs (C(OH)–C–C–N with tert-alkyl or cyclic N) is 1. The molecule has 0 spiro atoms. The lowest BCUT2D eigenvalue weighted by Crippen LogP contribution is -2.54. The van der Waals surface area contributed by atoms with Crippen LogP contribution in [0.4, 0.5) is 0 Å². The van der Waals surface area contributed by atoms with Crippen molar-refractivity contribution < 1.29 is 9.90 Å². The molecule has 0 bridgehead atoms. The number of hydrogen-bond acceptors (Lipinski definition) is 5. The zero-order valence-corrected chi connectivity index (χ0v) is 13.0. The summed E-state index contributed by atoms with van der Waals surface area (Å²) in [5.74, 6) is 0.0516. The summed E-state index contributed by atoms with van der Waals surface area (Å²) in [4.78, 5) is 19.1. The van der Waals surface area contributed by atoms with Crippen LogP contribution in [0.5, 0.6) is 0 Å². The first-order valence-electron chi connectivity index (χ1n) is 8.18. The van der Waals surface area contributed by atoms with E-state index in [9.17, 15) is 9.90 Å². The lowest BCUT2D eigenvalue weighted by molar-refractivity contribution is -0.136. The maximum atomic E-state index is 12.7. The van der Waals surface area contributed by atoms with Crippen LogP contribution >= 0.6 is 0 Å². The highest BCUT2D eigenvalue weighted by Crippen LogP contribution is 2.30. The third kappa shape index (κ3) is 2.95. The Hall–Kier alpha value is -0.690. The van der Waals surface area contributed by atoms with E-state index in [4.69, 9.17) is 5.73 Å². The Labute approximate surface area is 126 Å². The molecule has 0 aromatic carbocycles. The molecule has 0 unspecified atom stereocenters. The zero-order chi connectivity index (χ0) is 15.0. The van der Waals surface area contributed by atoms with Crippen LogP contribution in [0.1, 0.15) is 25.7 Å². The summed E-state index contributed by atoms with van der Waals surface area (Å²) >= 11 is 0. The number of hydrogen-bond donors (Lipinski definition) is 2. The lowest BCUT2D eigenvalue weighted by atomic mass is 9.97. The van der Waals surface area contributed by atoms with Crippen LogP contribution in [0.2, 0.25) is 0 Å². The van der Waals surface area contributed by atoms with Crippen molar-refractivity contribution in [2.45, 2.75) is 43.4 Å². The standard InChI is InChI=1S/C15H28N4O2/c1-17-6-8-18(9-7-17)12-10-19(11-13(12)20)14(21)15(16)4-2-3-5-15/h12-13,20H,2-11,16H2,1H3/t12-,13-/m1/s1. The monoisotopic (exact) mass is 296 g/mol. The maximum Gasteiger partial charge on any atom is 0.242 e. The molecular weight excluding hydrogens is 268 g/mol. The van der Waals surface area contributed by atoms with E-state index in [1.807, 2.05) is 0 Å². The second kappa shape index (κ2) is 5.83. The second-order valence-corrected chi connectivity index (χ2v) is 7.05. The Balaban J connectivity index is 1.61. The minimum absolute atomic E-state index is 0.0516. The largest absolute Gasteiger partial charge is 0.390 e. The first kappa shape index (κ1) is 15.2. The van der Waals surface area contributed by atoms with E-state index in [1.165, 1.54) is 0 Å². The minimum atomic E-state index is -0.670. The molecule has 1 saturated carbocycles. The number of nitrogens with zero attached hydrogens (tertiary/aromatic N) is 3. The van der Waals surface area contributed by atoms with Gasteiger partial charge in [-0.3, -0.25) is 9.69 Å². The molecule has 1 amide bonds. The summed E-state index contributed by atoms with van der Waals surface area (Å²) < 4.78 is 0. The number of rotatable bonds is 2. The van der Waals surface area contributed by atoms with Crippen LogP contribution < -0.4 is 5.73 Å². The normalized spacial score (nSPS) is 34.5. The van der Waals surface area contributed by atoms with Crippen molar-refractivity contribution in [2.75, 3.05) is 46.3 Å². The van der Waals surface area contributed by atoms with Gasteiger partial charge >= 0.3 is 0 Å². The minimum Gasteiger partial charge on any atom is -0.390 e. The van der Waals surface area contributed by atoms with Gasteiger partial charge in [0.2, 0.25) is 5.91 Å². The highest BCUT2D eigenvalue weighted by atomic mass is 16.3. The molecule has 3 N–H and O–H groups in total. The third-order valence-corrected chi connectivity index (χ3v) is 5.47. The van der Waals surface area contributed by atoms with E-state index in [0.29, 0.717) is 13.1 Å². The average molecular weight is 296 g/mol.